The standard InChI is InChI=1S/C15H15N/c1-11-8-9-13-6-4-5-7-14(13)15(11)10-12(2)16-3/h4-10,16H,1-2H2,3H3/b15-10+. The van der Waals surface area contributed by atoms with Gasteiger partial charge in [0.2, 0.25) is 0 Å². The van der Waals surface area contributed by atoms with Crippen molar-refractivity contribution in [1.82, 2.24) is 5.32 Å². The van der Waals surface area contributed by atoms with Crippen LogP contribution in [0.25, 0.3) is 23.4 Å². The molecule has 2 aromatic carbocycles. The number of nitrogens with one attached hydrogen (secondary N) is 1. The molecular formula is C15H15N. The summed E-state index contributed by atoms with van der Waals surface area (Å²) < 4.78 is 0. The van der Waals surface area contributed by atoms with Crippen LogP contribution in [0.3, 0.4) is 0 Å². The number of allylic oxidation sites excluding steroid dienone is 1. The van der Waals surface area contributed by atoms with Crippen molar-refractivity contribution in [3.05, 3.63) is 59.1 Å². The predicted molar refractivity (Wildman–Crippen MR) is 71.4 cm³/mol. The minimum atomic E-state index is 0.890. The molecule has 0 saturated heterocycles. The van der Waals surface area contributed by atoms with Gasteiger partial charge in [-0.3, -0.25) is 0 Å². The zero-order valence-corrected chi connectivity index (χ0v) is 9.46. The van der Waals surface area contributed by atoms with E-state index in [0.29, 0.717) is 0 Å². The van der Waals surface area contributed by atoms with Crippen molar-refractivity contribution in [2.75, 3.05) is 7.05 Å². The van der Waals surface area contributed by atoms with Crippen molar-refractivity contribution in [3.8, 4) is 0 Å². The molecular weight excluding hydrogens is 194 g/mol. The Hall–Kier alpha value is -2.02. The zero-order chi connectivity index (χ0) is 11.5. The lowest BCUT2D eigenvalue weighted by atomic mass is 10.1. The van der Waals surface area contributed by atoms with E-state index in [2.05, 4.69) is 36.7 Å². The van der Waals surface area contributed by atoms with E-state index in [4.69, 9.17) is 0 Å². The number of benzene rings is 2. The summed E-state index contributed by atoms with van der Waals surface area (Å²) >= 11 is 0. The molecule has 0 aromatic heterocycles. The monoisotopic (exact) mass is 209 g/mol. The highest BCUT2D eigenvalue weighted by Crippen LogP contribution is 2.06. The van der Waals surface area contributed by atoms with E-state index < -0.39 is 0 Å². The average Bonchev–Trinajstić information content (AvgIpc) is 2.32. The molecule has 0 unspecified atom stereocenters. The molecule has 0 aliphatic rings. The van der Waals surface area contributed by atoms with Gasteiger partial charge in [-0.1, -0.05) is 49.6 Å². The van der Waals surface area contributed by atoms with Crippen molar-refractivity contribution in [3.63, 3.8) is 0 Å². The van der Waals surface area contributed by atoms with E-state index in [9.17, 15) is 0 Å². The van der Waals surface area contributed by atoms with Crippen molar-refractivity contribution in [2.45, 2.75) is 0 Å². The molecule has 0 atom stereocenters. The van der Waals surface area contributed by atoms with E-state index in [1.165, 1.54) is 10.8 Å². The van der Waals surface area contributed by atoms with E-state index in [1.807, 2.05) is 31.3 Å². The normalized spacial score (nSPS) is 11.7. The molecule has 16 heavy (non-hydrogen) atoms. The van der Waals surface area contributed by atoms with Crippen molar-refractivity contribution in [2.24, 2.45) is 0 Å². The van der Waals surface area contributed by atoms with Crippen LogP contribution in [-0.2, 0) is 0 Å². The van der Waals surface area contributed by atoms with Crippen LogP contribution in [0.5, 0.6) is 0 Å². The fraction of sp³-hybridized carbons (Fsp3) is 0.0667. The fourth-order valence-electron chi connectivity index (χ4n) is 1.76. The highest BCUT2D eigenvalue weighted by atomic mass is 14.8. The summed E-state index contributed by atoms with van der Waals surface area (Å²) in [7, 11) is 1.87. The molecule has 0 spiro atoms. The van der Waals surface area contributed by atoms with Crippen LogP contribution in [0.15, 0.2) is 48.7 Å². The molecule has 1 heteroatoms. The second kappa shape index (κ2) is 4.23. The third-order valence-corrected chi connectivity index (χ3v) is 2.70. The fourth-order valence-corrected chi connectivity index (χ4v) is 1.76. The van der Waals surface area contributed by atoms with E-state index >= 15 is 0 Å². The first-order valence-electron chi connectivity index (χ1n) is 5.27. The summed E-state index contributed by atoms with van der Waals surface area (Å²) in [6.45, 7) is 7.98. The third-order valence-electron chi connectivity index (χ3n) is 2.70. The molecule has 0 amide bonds. The van der Waals surface area contributed by atoms with Gasteiger partial charge in [0.1, 0.15) is 0 Å². The molecule has 2 aromatic rings. The molecule has 0 bridgehead atoms. The lowest BCUT2D eigenvalue weighted by Crippen LogP contribution is -2.24. The van der Waals surface area contributed by atoms with Gasteiger partial charge in [0.25, 0.3) is 0 Å². The number of hydrogen-bond acceptors (Lipinski definition) is 1. The van der Waals surface area contributed by atoms with Gasteiger partial charge in [-0.15, -0.1) is 0 Å². The van der Waals surface area contributed by atoms with E-state index in [1.54, 1.807) is 0 Å². The topological polar surface area (TPSA) is 12.0 Å². The number of rotatable bonds is 2. The first-order valence-corrected chi connectivity index (χ1v) is 5.27. The summed E-state index contributed by atoms with van der Waals surface area (Å²) in [5.41, 5.74) is 0.890. The van der Waals surface area contributed by atoms with Crippen LogP contribution in [0, 0.1) is 0 Å². The second-order valence-electron chi connectivity index (χ2n) is 3.78. The maximum atomic E-state index is 4.06. The zero-order valence-electron chi connectivity index (χ0n) is 9.46. The molecule has 0 heterocycles. The van der Waals surface area contributed by atoms with Crippen molar-refractivity contribution < 1.29 is 0 Å². The number of hydrogen-bond donors (Lipinski definition) is 1. The van der Waals surface area contributed by atoms with Gasteiger partial charge in [0.15, 0.2) is 0 Å². The highest BCUT2D eigenvalue weighted by Gasteiger charge is 1.94. The minimum absolute atomic E-state index is 0.890. The van der Waals surface area contributed by atoms with Crippen molar-refractivity contribution in [1.29, 1.82) is 0 Å². The summed E-state index contributed by atoms with van der Waals surface area (Å²) in [5.74, 6) is 0. The van der Waals surface area contributed by atoms with Crippen molar-refractivity contribution >= 4 is 23.4 Å². The first kappa shape index (κ1) is 10.5. The third kappa shape index (κ3) is 1.84. The van der Waals surface area contributed by atoms with Gasteiger partial charge in [-0.05, 0) is 27.3 Å². The Balaban J connectivity index is 2.86. The van der Waals surface area contributed by atoms with Gasteiger partial charge in [0, 0.05) is 12.7 Å². The van der Waals surface area contributed by atoms with Gasteiger partial charge in [-0.2, -0.15) is 0 Å². The van der Waals surface area contributed by atoms with E-state index in [0.717, 1.165) is 16.1 Å². The van der Waals surface area contributed by atoms with Crippen LogP contribution < -0.4 is 15.8 Å². The van der Waals surface area contributed by atoms with E-state index in [-0.39, 0.29) is 0 Å². The Morgan fingerprint density at radius 2 is 1.94 bits per heavy atom. The van der Waals surface area contributed by atoms with Gasteiger partial charge < -0.3 is 5.32 Å². The molecule has 0 aliphatic heterocycles. The van der Waals surface area contributed by atoms with Crippen LogP contribution in [0.4, 0.5) is 0 Å². The first-order chi connectivity index (χ1) is 7.72. The Labute approximate surface area is 95.4 Å². The van der Waals surface area contributed by atoms with Gasteiger partial charge >= 0.3 is 0 Å². The molecule has 0 radical (unpaired) electrons. The SMILES string of the molecule is C=C(/C=c1\c(=C)ccc2ccccc12)NC. The van der Waals surface area contributed by atoms with Crippen LogP contribution in [0.2, 0.25) is 0 Å². The second-order valence-corrected chi connectivity index (χ2v) is 3.78. The summed E-state index contributed by atoms with van der Waals surface area (Å²) in [5, 5.41) is 7.63. The molecule has 0 aliphatic carbocycles. The summed E-state index contributed by atoms with van der Waals surface area (Å²) in [6.07, 6.45) is 2.03. The van der Waals surface area contributed by atoms with Crippen LogP contribution in [0.1, 0.15) is 0 Å². The maximum Gasteiger partial charge on any atom is 0.0270 e. The lowest BCUT2D eigenvalue weighted by molar-refractivity contribution is 1.06. The molecule has 1 nitrogen and oxygen atoms in total. The van der Waals surface area contributed by atoms with Gasteiger partial charge in [-0.25, -0.2) is 0 Å². The average molecular weight is 209 g/mol. The Bertz CT molecular complexity index is 638. The maximum absolute atomic E-state index is 4.06. The summed E-state index contributed by atoms with van der Waals surface area (Å²) in [6, 6.07) is 12.4. The Kier molecular flexibility index (Phi) is 2.78. The molecule has 0 fully saturated rings. The summed E-state index contributed by atoms with van der Waals surface area (Å²) in [4.78, 5) is 0. The minimum Gasteiger partial charge on any atom is -0.389 e. The molecule has 0 saturated carbocycles. The Morgan fingerprint density at radius 1 is 1.19 bits per heavy atom. The van der Waals surface area contributed by atoms with Gasteiger partial charge in [0.05, 0.1) is 0 Å². The molecule has 80 valence electrons. The molecule has 2 rings (SSSR count). The highest BCUT2D eigenvalue weighted by molar-refractivity contribution is 5.84. The van der Waals surface area contributed by atoms with Crippen LogP contribution in [-0.4, -0.2) is 7.05 Å². The lowest BCUT2D eigenvalue weighted by Gasteiger charge is -2.01. The smallest absolute Gasteiger partial charge is 0.0270 e. The predicted octanol–water partition coefficient (Wildman–Crippen LogP) is 1.76. The van der Waals surface area contributed by atoms with Crippen LogP contribution >= 0.6 is 0 Å². The quantitative estimate of drug-likeness (QED) is 0.794. The Morgan fingerprint density at radius 3 is 2.69 bits per heavy atom. The number of fused-ring (bicyclic) bond motifs is 1. The largest absolute Gasteiger partial charge is 0.389 e. The molecule has 1 N–H and O–H groups in total.